The molecule has 5 aromatic carbocycles. The van der Waals surface area contributed by atoms with Crippen LogP contribution in [0.25, 0.3) is 0 Å². The first kappa shape index (κ1) is 56.9. The Balaban J connectivity index is 1.14. The van der Waals surface area contributed by atoms with Crippen molar-refractivity contribution >= 4 is 37.4 Å². The molecule has 1 atom stereocenters. The van der Waals surface area contributed by atoms with E-state index in [-0.39, 0.29) is 10.1 Å². The van der Waals surface area contributed by atoms with Gasteiger partial charge in [0.05, 0.1) is 6.61 Å². The molecule has 0 radical (unpaired) electrons. The van der Waals surface area contributed by atoms with Crippen molar-refractivity contribution in [2.45, 2.75) is 194 Å². The third kappa shape index (κ3) is 16.8. The molecule has 7 heteroatoms. The Bertz CT molecular complexity index is 2040. The van der Waals surface area contributed by atoms with E-state index >= 15 is 0 Å². The average Bonchev–Trinajstić information content (AvgIpc) is 3.36. The minimum atomic E-state index is -2.85. The van der Waals surface area contributed by atoms with E-state index in [2.05, 4.69) is 200 Å². The molecule has 0 aliphatic heterocycles. The van der Waals surface area contributed by atoms with Crippen LogP contribution in [0.5, 0.6) is 11.5 Å². The van der Waals surface area contributed by atoms with Crippen LogP contribution >= 0.6 is 0 Å². The lowest BCUT2D eigenvalue weighted by molar-refractivity contribution is -0.0107. The second-order valence-electron chi connectivity index (χ2n) is 21.7. The highest BCUT2D eigenvalue weighted by Crippen LogP contribution is 2.39. The van der Waals surface area contributed by atoms with Gasteiger partial charge in [-0.25, -0.2) is 0 Å². The summed E-state index contributed by atoms with van der Waals surface area (Å²) < 4.78 is 28.5. The van der Waals surface area contributed by atoms with Crippen LogP contribution in [0.4, 0.5) is 0 Å². The quantitative estimate of drug-likeness (QED) is 0.0253. The van der Waals surface area contributed by atoms with E-state index in [1.807, 2.05) is 0 Å². The maximum absolute atomic E-state index is 7.66. The summed E-state index contributed by atoms with van der Waals surface area (Å²) in [5.41, 5.74) is 1.17. The number of nitrogens with one attached hydrogen (secondary N) is 1. The predicted octanol–water partition coefficient (Wildman–Crippen LogP) is 15.1. The molecule has 1 unspecified atom stereocenters. The summed E-state index contributed by atoms with van der Waals surface area (Å²) in [7, 11) is -5.31. The summed E-state index contributed by atoms with van der Waals surface area (Å²) in [5, 5.41) is 8.68. The summed E-state index contributed by atoms with van der Waals surface area (Å²) in [6.45, 7) is 21.8. The van der Waals surface area contributed by atoms with Gasteiger partial charge in [-0.15, -0.1) is 0 Å². The number of hydrogen-bond donors (Lipinski definition) is 1. The van der Waals surface area contributed by atoms with E-state index in [0.717, 1.165) is 56.9 Å². The zero-order valence-electron chi connectivity index (χ0n) is 45.0. The fraction of sp³-hybridized carbons (Fsp3) is 0.524. The Labute approximate surface area is 429 Å². The van der Waals surface area contributed by atoms with E-state index in [1.54, 1.807) is 0 Å². The van der Waals surface area contributed by atoms with Crippen molar-refractivity contribution in [1.29, 1.82) is 0 Å². The van der Waals surface area contributed by atoms with Gasteiger partial charge in [-0.2, -0.15) is 0 Å². The van der Waals surface area contributed by atoms with Gasteiger partial charge >= 0.3 is 0 Å². The van der Waals surface area contributed by atoms with Crippen molar-refractivity contribution in [3.05, 3.63) is 145 Å². The summed E-state index contributed by atoms with van der Waals surface area (Å²) in [6.07, 6.45) is 21.5. The number of benzene rings is 5. The van der Waals surface area contributed by atoms with Crippen LogP contribution in [0.3, 0.4) is 0 Å². The number of hydrogen-bond acceptors (Lipinski definition) is 5. The smallest absolute Gasteiger partial charge is 0.265 e. The molecule has 5 rings (SSSR count). The van der Waals surface area contributed by atoms with Gasteiger partial charge in [0, 0.05) is 31.2 Å². The first-order chi connectivity index (χ1) is 34.0. The highest BCUT2D eigenvalue weighted by atomic mass is 28.4. The van der Waals surface area contributed by atoms with E-state index in [9.17, 15) is 0 Å². The first-order valence-electron chi connectivity index (χ1n) is 27.6. The van der Waals surface area contributed by atoms with Crippen LogP contribution in [-0.2, 0) is 15.4 Å². The normalized spacial score (nSPS) is 12.8. The van der Waals surface area contributed by atoms with E-state index in [0.29, 0.717) is 6.61 Å². The summed E-state index contributed by atoms with van der Waals surface area (Å²) in [6, 6.07) is 50.4. The van der Waals surface area contributed by atoms with Gasteiger partial charge in [-0.3, -0.25) is 0 Å². The van der Waals surface area contributed by atoms with E-state index < -0.39 is 22.9 Å². The highest BCUT2D eigenvalue weighted by molar-refractivity contribution is 7.00. The average molecular weight is 985 g/mol. The molecule has 0 saturated heterocycles. The van der Waals surface area contributed by atoms with Crippen LogP contribution in [0.2, 0.25) is 10.1 Å². The Morgan fingerprint density at radius 2 is 0.871 bits per heavy atom. The minimum absolute atomic E-state index is 0.0203. The largest absolute Gasteiger partial charge is 0.493 e. The molecule has 0 bridgehead atoms. The Morgan fingerprint density at radius 1 is 0.457 bits per heavy atom. The topological polar surface area (TPSA) is 49.0 Å². The molecule has 70 heavy (non-hydrogen) atoms. The highest BCUT2D eigenvalue weighted by Gasteiger charge is 2.52. The maximum atomic E-state index is 7.66. The molecule has 0 heterocycles. The molecule has 0 aliphatic carbocycles. The lowest BCUT2D eigenvalue weighted by Crippen LogP contribution is -2.68. The van der Waals surface area contributed by atoms with E-state index in [1.165, 1.54) is 116 Å². The molecular formula is C63H93NO4Si2. The second kappa shape index (κ2) is 30.1. The van der Waals surface area contributed by atoms with Crippen LogP contribution in [-0.4, -0.2) is 42.7 Å². The molecule has 0 saturated carbocycles. The predicted molar refractivity (Wildman–Crippen MR) is 305 cm³/mol. The lowest BCUT2D eigenvalue weighted by atomic mass is 10.1. The standard InChI is InChI=1S/C63H93NO4Si2/c1-9-11-12-13-14-18-21-36-47-61(68-70(63(6,7)8,58-43-32-26-33-44-58)59-45-34-27-35-46-59)67-55-49-48-54(53-64-10-2)60(52-55)65-50-37-22-19-16-15-17-20-23-38-51-66-69(62(3,4)5,56-39-28-24-29-40-56)57-41-30-25-31-42-57/h24-35,39-46,48-49,52,61,64H,9-23,36-38,47,50-51,53H2,1-8H3. The van der Waals surface area contributed by atoms with Gasteiger partial charge in [0.1, 0.15) is 11.5 Å². The van der Waals surface area contributed by atoms with Gasteiger partial charge < -0.3 is 23.6 Å². The molecule has 0 fully saturated rings. The Hall–Kier alpha value is -3.99. The zero-order chi connectivity index (χ0) is 50.0. The van der Waals surface area contributed by atoms with E-state index in [4.69, 9.17) is 18.3 Å². The molecule has 1 N–H and O–H groups in total. The molecule has 0 amide bonds. The summed E-state index contributed by atoms with van der Waals surface area (Å²) in [4.78, 5) is 0. The molecular weight excluding hydrogens is 891 g/mol. The number of unbranched alkanes of at least 4 members (excludes halogenated alkanes) is 15. The fourth-order valence-electron chi connectivity index (χ4n) is 10.4. The van der Waals surface area contributed by atoms with Gasteiger partial charge in [0.2, 0.25) is 0 Å². The minimum Gasteiger partial charge on any atom is -0.493 e. The third-order valence-electron chi connectivity index (χ3n) is 14.2. The van der Waals surface area contributed by atoms with Crippen molar-refractivity contribution in [2.75, 3.05) is 19.8 Å². The first-order valence-corrected chi connectivity index (χ1v) is 31.4. The van der Waals surface area contributed by atoms with Crippen molar-refractivity contribution in [3.8, 4) is 11.5 Å². The maximum Gasteiger partial charge on any atom is 0.265 e. The fourth-order valence-corrected chi connectivity index (χ4v) is 19.6. The van der Waals surface area contributed by atoms with Crippen LogP contribution in [0, 0.1) is 0 Å². The molecule has 5 nitrogen and oxygen atoms in total. The SMILES string of the molecule is CCCCCCCCCCC(Oc1ccc(CNCC)c(OCCCCCCCCCCCO[Si](c2ccccc2)(c2ccccc2)C(C)(C)C)c1)O[Si](c1ccccc1)(c1ccccc1)C(C)(C)C. The Kier molecular flexibility index (Phi) is 24.5. The summed E-state index contributed by atoms with van der Waals surface area (Å²) in [5.74, 6) is 1.72. The van der Waals surface area contributed by atoms with Crippen molar-refractivity contribution in [2.24, 2.45) is 0 Å². The molecule has 0 spiro atoms. The van der Waals surface area contributed by atoms with Gasteiger partial charge in [-0.05, 0) is 62.7 Å². The molecule has 5 aromatic rings. The zero-order valence-corrected chi connectivity index (χ0v) is 47.0. The molecule has 0 aromatic heterocycles. The molecule has 382 valence electrons. The van der Waals surface area contributed by atoms with Gasteiger partial charge in [0.25, 0.3) is 16.6 Å². The number of ether oxygens (including phenoxy) is 2. The number of rotatable bonds is 34. The van der Waals surface area contributed by atoms with Gasteiger partial charge in [0.15, 0.2) is 6.29 Å². The van der Waals surface area contributed by atoms with Crippen LogP contribution in [0.1, 0.15) is 177 Å². The lowest BCUT2D eigenvalue weighted by Gasteiger charge is -2.45. The van der Waals surface area contributed by atoms with Gasteiger partial charge in [-0.1, -0.05) is 273 Å². The van der Waals surface area contributed by atoms with Crippen molar-refractivity contribution < 1.29 is 18.3 Å². The monoisotopic (exact) mass is 984 g/mol. The van der Waals surface area contributed by atoms with Crippen LogP contribution < -0.4 is 35.5 Å². The second-order valence-corrected chi connectivity index (χ2v) is 30.2. The van der Waals surface area contributed by atoms with Crippen molar-refractivity contribution in [1.82, 2.24) is 5.32 Å². The van der Waals surface area contributed by atoms with Crippen molar-refractivity contribution in [3.63, 3.8) is 0 Å². The molecule has 0 aliphatic rings. The summed E-state index contributed by atoms with van der Waals surface area (Å²) >= 11 is 0. The Morgan fingerprint density at radius 3 is 1.31 bits per heavy atom. The van der Waals surface area contributed by atoms with Crippen LogP contribution in [0.15, 0.2) is 140 Å². The third-order valence-corrected chi connectivity index (χ3v) is 24.2.